The summed E-state index contributed by atoms with van der Waals surface area (Å²) in [6, 6.07) is 0. The molecule has 74 valence electrons. The highest BCUT2D eigenvalue weighted by Crippen LogP contribution is 2.29. The summed E-state index contributed by atoms with van der Waals surface area (Å²) in [5.41, 5.74) is 5.18. The second kappa shape index (κ2) is 4.25. The zero-order valence-electron chi connectivity index (χ0n) is 7.79. The van der Waals surface area contributed by atoms with Gasteiger partial charge in [0.15, 0.2) is 0 Å². The first-order valence-electron chi connectivity index (χ1n) is 4.52. The number of primary amides is 1. The average molecular weight is 185 g/mol. The van der Waals surface area contributed by atoms with E-state index in [1.165, 1.54) is 7.11 Å². The number of carbonyl (C=O) groups excluding carboxylic acids is 2. The second-order valence-electron chi connectivity index (χ2n) is 3.49. The lowest BCUT2D eigenvalue weighted by molar-refractivity contribution is -0.147. The predicted octanol–water partition coefficient (Wildman–Crippen LogP) is 0.451. The van der Waals surface area contributed by atoms with E-state index in [0.717, 1.165) is 19.3 Å². The van der Waals surface area contributed by atoms with Crippen LogP contribution >= 0.6 is 0 Å². The van der Waals surface area contributed by atoms with Gasteiger partial charge >= 0.3 is 5.97 Å². The van der Waals surface area contributed by atoms with Crippen molar-refractivity contribution in [1.29, 1.82) is 0 Å². The first-order valence-corrected chi connectivity index (χ1v) is 4.52. The fourth-order valence-corrected chi connectivity index (χ4v) is 1.83. The number of ether oxygens (including phenoxy) is 1. The second-order valence-corrected chi connectivity index (χ2v) is 3.49. The molecule has 1 amide bonds. The summed E-state index contributed by atoms with van der Waals surface area (Å²) in [7, 11) is 1.37. The van der Waals surface area contributed by atoms with Gasteiger partial charge in [-0.1, -0.05) is 6.42 Å². The van der Waals surface area contributed by atoms with Gasteiger partial charge in [0, 0.05) is 5.92 Å². The highest BCUT2D eigenvalue weighted by molar-refractivity contribution is 5.78. The summed E-state index contributed by atoms with van der Waals surface area (Å²) in [4.78, 5) is 22.0. The Morgan fingerprint density at radius 1 is 1.31 bits per heavy atom. The summed E-state index contributed by atoms with van der Waals surface area (Å²) in [5.74, 6) is -0.784. The number of nitrogens with two attached hydrogens (primary N) is 1. The van der Waals surface area contributed by atoms with Gasteiger partial charge < -0.3 is 10.5 Å². The molecule has 0 aromatic carbocycles. The summed E-state index contributed by atoms with van der Waals surface area (Å²) in [6.07, 6.45) is 3.06. The molecule has 1 aliphatic rings. The molecule has 1 aliphatic carbocycles. The smallest absolute Gasteiger partial charge is 0.308 e. The van der Waals surface area contributed by atoms with Crippen LogP contribution < -0.4 is 5.73 Å². The lowest BCUT2D eigenvalue weighted by Crippen LogP contribution is -2.31. The van der Waals surface area contributed by atoms with Crippen LogP contribution in [0.3, 0.4) is 0 Å². The molecule has 2 N–H and O–H groups in total. The lowest BCUT2D eigenvalue weighted by atomic mass is 9.81. The average Bonchev–Trinajstić information content (AvgIpc) is 2.17. The Bertz CT molecular complexity index is 215. The van der Waals surface area contributed by atoms with E-state index in [4.69, 9.17) is 5.73 Å². The van der Waals surface area contributed by atoms with Gasteiger partial charge in [-0.15, -0.1) is 0 Å². The zero-order valence-corrected chi connectivity index (χ0v) is 7.79. The molecule has 0 aliphatic heterocycles. The minimum atomic E-state index is -0.298. The van der Waals surface area contributed by atoms with Crippen molar-refractivity contribution in [2.24, 2.45) is 17.6 Å². The van der Waals surface area contributed by atoms with Crippen molar-refractivity contribution in [1.82, 2.24) is 0 Å². The van der Waals surface area contributed by atoms with Gasteiger partial charge in [-0.25, -0.2) is 0 Å². The van der Waals surface area contributed by atoms with Crippen LogP contribution in [0.25, 0.3) is 0 Å². The molecule has 0 bridgehead atoms. The SMILES string of the molecule is COC(=O)[C@@H]1CCC[C@H](C(N)=O)C1. The molecule has 2 atom stereocenters. The molecule has 0 radical (unpaired) electrons. The molecule has 0 unspecified atom stereocenters. The standard InChI is InChI=1S/C9H15NO3/c1-13-9(12)7-4-2-3-6(5-7)8(10)11/h6-7H,2-5H2,1H3,(H2,10,11)/t6-,7+/m0/s1. The van der Waals surface area contributed by atoms with Crippen molar-refractivity contribution in [3.63, 3.8) is 0 Å². The third-order valence-electron chi connectivity index (χ3n) is 2.61. The minimum Gasteiger partial charge on any atom is -0.469 e. The van der Waals surface area contributed by atoms with E-state index >= 15 is 0 Å². The van der Waals surface area contributed by atoms with Gasteiger partial charge in [-0.05, 0) is 19.3 Å². The Kier molecular flexibility index (Phi) is 3.28. The van der Waals surface area contributed by atoms with Crippen molar-refractivity contribution < 1.29 is 14.3 Å². The molecule has 4 nitrogen and oxygen atoms in total. The van der Waals surface area contributed by atoms with Crippen molar-refractivity contribution in [2.45, 2.75) is 25.7 Å². The number of amides is 1. The van der Waals surface area contributed by atoms with Gasteiger partial charge in [-0.3, -0.25) is 9.59 Å². The Morgan fingerprint density at radius 3 is 2.46 bits per heavy atom. The normalized spacial score (nSPS) is 28.1. The van der Waals surface area contributed by atoms with Crippen molar-refractivity contribution in [2.75, 3.05) is 7.11 Å². The van der Waals surface area contributed by atoms with Crippen LogP contribution in [-0.2, 0) is 14.3 Å². The molecular formula is C9H15NO3. The molecule has 0 aromatic rings. The molecular weight excluding hydrogens is 170 g/mol. The first kappa shape index (κ1) is 10.0. The molecule has 4 heteroatoms. The molecule has 0 aromatic heterocycles. The Balaban J connectivity index is 2.51. The lowest BCUT2D eigenvalue weighted by Gasteiger charge is -2.24. The van der Waals surface area contributed by atoms with Crippen LogP contribution in [0.15, 0.2) is 0 Å². The largest absolute Gasteiger partial charge is 0.469 e. The monoisotopic (exact) mass is 185 g/mol. The van der Waals surface area contributed by atoms with Gasteiger partial charge in [0.1, 0.15) is 0 Å². The molecule has 0 saturated heterocycles. The van der Waals surface area contributed by atoms with Crippen molar-refractivity contribution in [3.05, 3.63) is 0 Å². The third kappa shape index (κ3) is 2.44. The number of carbonyl (C=O) groups is 2. The van der Waals surface area contributed by atoms with E-state index in [0.29, 0.717) is 6.42 Å². The molecule has 0 spiro atoms. The Hall–Kier alpha value is -1.06. The maximum atomic E-state index is 11.2. The topological polar surface area (TPSA) is 69.4 Å². The summed E-state index contributed by atoms with van der Waals surface area (Å²) in [6.45, 7) is 0. The van der Waals surface area contributed by atoms with E-state index in [9.17, 15) is 9.59 Å². The van der Waals surface area contributed by atoms with E-state index in [-0.39, 0.29) is 23.7 Å². The Morgan fingerprint density at radius 2 is 1.92 bits per heavy atom. The van der Waals surface area contributed by atoms with Gasteiger partial charge in [0.25, 0.3) is 0 Å². The maximum absolute atomic E-state index is 11.2. The fraction of sp³-hybridized carbons (Fsp3) is 0.778. The Labute approximate surface area is 77.4 Å². The number of esters is 1. The quantitative estimate of drug-likeness (QED) is 0.635. The van der Waals surface area contributed by atoms with Gasteiger partial charge in [0.05, 0.1) is 13.0 Å². The predicted molar refractivity (Wildman–Crippen MR) is 46.7 cm³/mol. The highest BCUT2D eigenvalue weighted by Gasteiger charge is 2.30. The van der Waals surface area contributed by atoms with Crippen LogP contribution in [-0.4, -0.2) is 19.0 Å². The number of methoxy groups -OCH3 is 1. The van der Waals surface area contributed by atoms with Crippen molar-refractivity contribution >= 4 is 11.9 Å². The van der Waals surface area contributed by atoms with Crippen LogP contribution in [0, 0.1) is 11.8 Å². The number of rotatable bonds is 2. The molecule has 0 heterocycles. The van der Waals surface area contributed by atoms with Crippen LogP contribution in [0.1, 0.15) is 25.7 Å². The van der Waals surface area contributed by atoms with Crippen molar-refractivity contribution in [3.8, 4) is 0 Å². The van der Waals surface area contributed by atoms with Crippen LogP contribution in [0.2, 0.25) is 0 Å². The van der Waals surface area contributed by atoms with E-state index in [2.05, 4.69) is 4.74 Å². The van der Waals surface area contributed by atoms with E-state index in [1.807, 2.05) is 0 Å². The summed E-state index contributed by atoms with van der Waals surface area (Å²) >= 11 is 0. The fourth-order valence-electron chi connectivity index (χ4n) is 1.83. The first-order chi connectivity index (χ1) is 6.15. The highest BCUT2D eigenvalue weighted by atomic mass is 16.5. The van der Waals surface area contributed by atoms with Gasteiger partial charge in [0.2, 0.25) is 5.91 Å². The van der Waals surface area contributed by atoms with Crippen LogP contribution in [0.5, 0.6) is 0 Å². The van der Waals surface area contributed by atoms with Gasteiger partial charge in [-0.2, -0.15) is 0 Å². The summed E-state index contributed by atoms with van der Waals surface area (Å²) < 4.78 is 4.63. The number of hydrogen-bond donors (Lipinski definition) is 1. The van der Waals surface area contributed by atoms with Crippen LogP contribution in [0.4, 0.5) is 0 Å². The molecule has 13 heavy (non-hydrogen) atoms. The summed E-state index contributed by atoms with van der Waals surface area (Å²) in [5, 5.41) is 0. The van der Waals surface area contributed by atoms with E-state index < -0.39 is 0 Å². The molecule has 1 rings (SSSR count). The number of hydrogen-bond acceptors (Lipinski definition) is 3. The molecule has 1 fully saturated rings. The third-order valence-corrected chi connectivity index (χ3v) is 2.61. The maximum Gasteiger partial charge on any atom is 0.308 e. The zero-order chi connectivity index (χ0) is 9.84. The minimum absolute atomic E-state index is 0.128. The molecule has 1 saturated carbocycles. The van der Waals surface area contributed by atoms with E-state index in [1.54, 1.807) is 0 Å².